The molecule has 1 saturated carbocycles. The maximum atomic E-state index is 11.8. The van der Waals surface area contributed by atoms with Crippen molar-refractivity contribution in [2.24, 2.45) is 11.8 Å². The Morgan fingerprint density at radius 1 is 1.53 bits per heavy atom. The molecular formula is C14H24N2O. The third kappa shape index (κ3) is 4.15. The topological polar surface area (TPSA) is 41.1 Å². The second-order valence-corrected chi connectivity index (χ2v) is 5.58. The third-order valence-electron chi connectivity index (χ3n) is 3.95. The molecule has 1 amide bonds. The second-order valence-electron chi connectivity index (χ2n) is 5.58. The quantitative estimate of drug-likeness (QED) is 0.731. The first-order chi connectivity index (χ1) is 8.24. The van der Waals surface area contributed by atoms with Gasteiger partial charge >= 0.3 is 0 Å². The van der Waals surface area contributed by atoms with E-state index in [0.29, 0.717) is 5.92 Å². The molecule has 0 aromatic rings. The summed E-state index contributed by atoms with van der Waals surface area (Å²) in [6.45, 7) is 5.04. The van der Waals surface area contributed by atoms with Gasteiger partial charge in [0.25, 0.3) is 0 Å². The van der Waals surface area contributed by atoms with Crippen molar-refractivity contribution in [3.8, 4) is 0 Å². The molecule has 2 N–H and O–H groups in total. The lowest BCUT2D eigenvalue weighted by Gasteiger charge is -2.15. The minimum atomic E-state index is 0.239. The van der Waals surface area contributed by atoms with E-state index in [0.717, 1.165) is 38.4 Å². The van der Waals surface area contributed by atoms with Gasteiger partial charge < -0.3 is 10.6 Å². The Kier molecular flexibility index (Phi) is 4.60. The van der Waals surface area contributed by atoms with Gasteiger partial charge in [-0.25, -0.2) is 0 Å². The van der Waals surface area contributed by atoms with E-state index in [1.807, 2.05) is 0 Å². The molecule has 2 rings (SSSR count). The summed E-state index contributed by atoms with van der Waals surface area (Å²) in [5.74, 6) is 1.69. The Morgan fingerprint density at radius 2 is 2.41 bits per heavy atom. The van der Waals surface area contributed by atoms with Crippen LogP contribution in [-0.2, 0) is 4.79 Å². The van der Waals surface area contributed by atoms with Crippen molar-refractivity contribution in [3.63, 3.8) is 0 Å². The van der Waals surface area contributed by atoms with Crippen molar-refractivity contribution in [2.45, 2.75) is 39.0 Å². The summed E-state index contributed by atoms with van der Waals surface area (Å²) in [5.41, 5.74) is 1.37. The first-order valence-electron chi connectivity index (χ1n) is 6.89. The molecule has 17 heavy (non-hydrogen) atoms. The molecule has 2 atom stereocenters. The van der Waals surface area contributed by atoms with Gasteiger partial charge in [0.1, 0.15) is 0 Å². The maximum Gasteiger partial charge on any atom is 0.220 e. The smallest absolute Gasteiger partial charge is 0.220 e. The van der Waals surface area contributed by atoms with Crippen LogP contribution in [-0.4, -0.2) is 25.5 Å². The van der Waals surface area contributed by atoms with Crippen LogP contribution in [0.5, 0.6) is 0 Å². The summed E-state index contributed by atoms with van der Waals surface area (Å²) in [4.78, 5) is 11.8. The minimum absolute atomic E-state index is 0.239. The van der Waals surface area contributed by atoms with Crippen LogP contribution in [0.2, 0.25) is 0 Å². The van der Waals surface area contributed by atoms with Crippen LogP contribution in [0.25, 0.3) is 0 Å². The van der Waals surface area contributed by atoms with Gasteiger partial charge in [0.15, 0.2) is 0 Å². The van der Waals surface area contributed by atoms with E-state index in [2.05, 4.69) is 23.6 Å². The summed E-state index contributed by atoms with van der Waals surface area (Å²) < 4.78 is 0. The van der Waals surface area contributed by atoms with Gasteiger partial charge in [-0.2, -0.15) is 0 Å². The van der Waals surface area contributed by atoms with Crippen molar-refractivity contribution < 1.29 is 4.79 Å². The van der Waals surface area contributed by atoms with E-state index >= 15 is 0 Å². The Bertz CT molecular complexity index is 299. The predicted octanol–water partition coefficient (Wildman–Crippen LogP) is 1.85. The van der Waals surface area contributed by atoms with E-state index in [4.69, 9.17) is 0 Å². The normalized spacial score (nSPS) is 28.9. The molecule has 0 aromatic heterocycles. The Balaban J connectivity index is 1.65. The van der Waals surface area contributed by atoms with E-state index in [9.17, 15) is 4.79 Å². The van der Waals surface area contributed by atoms with E-state index in [1.165, 1.54) is 24.8 Å². The predicted molar refractivity (Wildman–Crippen MR) is 69.7 cm³/mol. The fraction of sp³-hybridized carbons (Fsp3) is 0.786. The van der Waals surface area contributed by atoms with Crippen LogP contribution in [0.15, 0.2) is 11.6 Å². The number of carbonyl (C=O) groups is 1. The second kappa shape index (κ2) is 6.20. The number of carbonyl (C=O) groups excluding carboxylic acids is 1. The number of hydrogen-bond donors (Lipinski definition) is 2. The molecule has 3 nitrogen and oxygen atoms in total. The van der Waals surface area contributed by atoms with Crippen LogP contribution in [0.1, 0.15) is 39.0 Å². The highest BCUT2D eigenvalue weighted by Gasteiger charge is 2.23. The van der Waals surface area contributed by atoms with E-state index < -0.39 is 0 Å². The summed E-state index contributed by atoms with van der Waals surface area (Å²) in [6, 6.07) is 0. The fourth-order valence-electron chi connectivity index (χ4n) is 2.89. The molecule has 1 aliphatic carbocycles. The highest BCUT2D eigenvalue weighted by Crippen LogP contribution is 2.32. The molecule has 1 fully saturated rings. The maximum absolute atomic E-state index is 11.8. The number of nitrogens with one attached hydrogen (secondary N) is 2. The van der Waals surface area contributed by atoms with Crippen LogP contribution in [0.3, 0.4) is 0 Å². The zero-order valence-electron chi connectivity index (χ0n) is 10.8. The Hall–Kier alpha value is -0.830. The molecule has 1 aliphatic heterocycles. The van der Waals surface area contributed by atoms with Gasteiger partial charge in [0.05, 0.1) is 0 Å². The molecule has 2 unspecified atom stereocenters. The Labute approximate surface area is 104 Å². The molecule has 0 bridgehead atoms. The van der Waals surface area contributed by atoms with Gasteiger partial charge in [-0.3, -0.25) is 4.79 Å². The van der Waals surface area contributed by atoms with Gasteiger partial charge in [-0.1, -0.05) is 25.0 Å². The molecule has 2 aliphatic rings. The van der Waals surface area contributed by atoms with Crippen LogP contribution < -0.4 is 10.6 Å². The van der Waals surface area contributed by atoms with Crippen molar-refractivity contribution in [1.29, 1.82) is 0 Å². The largest absolute Gasteiger partial charge is 0.352 e. The summed E-state index contributed by atoms with van der Waals surface area (Å²) in [5, 5.41) is 6.34. The van der Waals surface area contributed by atoms with Crippen molar-refractivity contribution in [1.82, 2.24) is 10.6 Å². The van der Waals surface area contributed by atoms with Crippen molar-refractivity contribution in [3.05, 3.63) is 11.6 Å². The fourth-order valence-corrected chi connectivity index (χ4v) is 2.89. The van der Waals surface area contributed by atoms with Crippen LogP contribution >= 0.6 is 0 Å². The van der Waals surface area contributed by atoms with E-state index in [1.54, 1.807) is 0 Å². The lowest BCUT2D eigenvalue weighted by atomic mass is 10.0. The molecule has 96 valence electrons. The molecule has 0 saturated heterocycles. The van der Waals surface area contributed by atoms with Gasteiger partial charge in [-0.05, 0) is 37.6 Å². The molecule has 3 heteroatoms. The first-order valence-corrected chi connectivity index (χ1v) is 6.89. The lowest BCUT2D eigenvalue weighted by molar-refractivity contribution is -0.121. The Morgan fingerprint density at radius 3 is 3.06 bits per heavy atom. The molecule has 1 heterocycles. The van der Waals surface area contributed by atoms with Gasteiger partial charge in [-0.15, -0.1) is 0 Å². The van der Waals surface area contributed by atoms with Crippen LogP contribution in [0, 0.1) is 11.8 Å². The molecule has 0 aromatic carbocycles. The molecule has 0 radical (unpaired) electrons. The number of hydrogen-bond acceptors (Lipinski definition) is 2. The first kappa shape index (κ1) is 12.6. The van der Waals surface area contributed by atoms with Gasteiger partial charge in [0, 0.05) is 19.5 Å². The SMILES string of the molecule is CC1CCC(CC(=O)NCC2=CCNCC2)C1. The van der Waals surface area contributed by atoms with E-state index in [-0.39, 0.29) is 5.91 Å². The summed E-state index contributed by atoms with van der Waals surface area (Å²) in [6.07, 6.45) is 7.77. The third-order valence-corrected chi connectivity index (χ3v) is 3.95. The van der Waals surface area contributed by atoms with Gasteiger partial charge in [0.2, 0.25) is 5.91 Å². The standard InChI is InChI=1S/C14H24N2O/c1-11-2-3-13(8-11)9-14(17)16-10-12-4-6-15-7-5-12/h4,11,13,15H,2-3,5-10H2,1H3,(H,16,17). The summed E-state index contributed by atoms with van der Waals surface area (Å²) in [7, 11) is 0. The minimum Gasteiger partial charge on any atom is -0.352 e. The zero-order chi connectivity index (χ0) is 12.1. The molecular weight excluding hydrogens is 212 g/mol. The lowest BCUT2D eigenvalue weighted by Crippen LogP contribution is -2.30. The number of rotatable bonds is 4. The monoisotopic (exact) mass is 236 g/mol. The van der Waals surface area contributed by atoms with Crippen LogP contribution in [0.4, 0.5) is 0 Å². The van der Waals surface area contributed by atoms with Crippen molar-refractivity contribution in [2.75, 3.05) is 19.6 Å². The highest BCUT2D eigenvalue weighted by atomic mass is 16.1. The molecule has 0 spiro atoms. The average molecular weight is 236 g/mol. The zero-order valence-corrected chi connectivity index (χ0v) is 10.8. The summed E-state index contributed by atoms with van der Waals surface area (Å²) >= 11 is 0. The van der Waals surface area contributed by atoms with Crippen molar-refractivity contribution >= 4 is 5.91 Å². The average Bonchev–Trinajstić information content (AvgIpc) is 2.73. The number of amides is 1. The highest BCUT2D eigenvalue weighted by molar-refractivity contribution is 5.76.